The van der Waals surface area contributed by atoms with Gasteiger partial charge in [-0.1, -0.05) is 0 Å². The second-order valence-electron chi connectivity index (χ2n) is 5.45. The molecule has 0 radical (unpaired) electrons. The number of carbonyl (C=O) groups excluding carboxylic acids is 1. The molecule has 23 heavy (non-hydrogen) atoms. The topological polar surface area (TPSA) is 78.5 Å². The molecular weight excluding hydrogens is 406 g/mol. The summed E-state index contributed by atoms with van der Waals surface area (Å²) in [6, 6.07) is 4.65. The molecule has 1 aromatic rings. The quantitative estimate of drug-likeness (QED) is 0.766. The van der Waals surface area contributed by atoms with Crippen LogP contribution in [-0.4, -0.2) is 51.9 Å². The highest BCUT2D eigenvalue weighted by Crippen LogP contribution is 2.25. The van der Waals surface area contributed by atoms with Crippen LogP contribution in [0, 0.1) is 0 Å². The Morgan fingerprint density at radius 1 is 1.39 bits per heavy atom. The summed E-state index contributed by atoms with van der Waals surface area (Å²) in [5.41, 5.74) is 0.440. The summed E-state index contributed by atoms with van der Waals surface area (Å²) in [4.78, 5) is 12.4. The monoisotopic (exact) mass is 425 g/mol. The molecule has 1 atom stereocenters. The zero-order valence-electron chi connectivity index (χ0n) is 13.0. The standard InChI is InChI=1S/C14H20BrN3O3S.ClH/c1-18(2)22(20,21)13-6-5-10(8-12(13)15)14(19)17-11-4-3-7-16-9-11;/h5-6,8,11,16H,3-4,7,9H2,1-2H3,(H,17,19);1H. The third-order valence-electron chi connectivity index (χ3n) is 3.58. The van der Waals surface area contributed by atoms with Gasteiger partial charge in [0.2, 0.25) is 10.0 Å². The van der Waals surface area contributed by atoms with Gasteiger partial charge in [0, 0.05) is 36.7 Å². The molecule has 0 aromatic heterocycles. The summed E-state index contributed by atoms with van der Waals surface area (Å²) in [6.07, 6.45) is 1.99. The first-order valence-electron chi connectivity index (χ1n) is 7.06. The molecule has 0 spiro atoms. The van der Waals surface area contributed by atoms with Gasteiger partial charge >= 0.3 is 0 Å². The zero-order chi connectivity index (χ0) is 16.3. The van der Waals surface area contributed by atoms with Crippen molar-refractivity contribution in [1.82, 2.24) is 14.9 Å². The van der Waals surface area contributed by atoms with E-state index < -0.39 is 10.0 Å². The summed E-state index contributed by atoms with van der Waals surface area (Å²) in [5, 5.41) is 6.20. The van der Waals surface area contributed by atoms with Crippen molar-refractivity contribution in [2.45, 2.75) is 23.8 Å². The smallest absolute Gasteiger partial charge is 0.251 e. The maximum atomic E-state index is 12.2. The van der Waals surface area contributed by atoms with E-state index in [1.54, 1.807) is 6.07 Å². The number of carbonyl (C=O) groups is 1. The lowest BCUT2D eigenvalue weighted by Gasteiger charge is -2.24. The van der Waals surface area contributed by atoms with E-state index in [0.717, 1.165) is 30.2 Å². The molecular formula is C14H21BrClN3O3S. The number of hydrogen-bond acceptors (Lipinski definition) is 4. The fourth-order valence-electron chi connectivity index (χ4n) is 2.29. The number of nitrogens with zero attached hydrogens (tertiary/aromatic N) is 1. The highest BCUT2D eigenvalue weighted by Gasteiger charge is 2.22. The second kappa shape index (κ2) is 8.43. The van der Waals surface area contributed by atoms with Gasteiger partial charge < -0.3 is 10.6 Å². The van der Waals surface area contributed by atoms with Crippen molar-refractivity contribution >= 4 is 44.3 Å². The van der Waals surface area contributed by atoms with Crippen LogP contribution in [0.25, 0.3) is 0 Å². The van der Waals surface area contributed by atoms with Crippen molar-refractivity contribution in [1.29, 1.82) is 0 Å². The molecule has 1 aliphatic heterocycles. The lowest BCUT2D eigenvalue weighted by Crippen LogP contribution is -2.45. The third kappa shape index (κ3) is 4.90. The Hall–Kier alpha value is -0.670. The van der Waals surface area contributed by atoms with Gasteiger partial charge in [-0.05, 0) is 53.5 Å². The Morgan fingerprint density at radius 2 is 2.09 bits per heavy atom. The molecule has 0 aliphatic carbocycles. The van der Waals surface area contributed by atoms with Crippen molar-refractivity contribution in [3.05, 3.63) is 28.2 Å². The first-order chi connectivity index (χ1) is 10.3. The fraction of sp³-hybridized carbons (Fsp3) is 0.500. The van der Waals surface area contributed by atoms with E-state index in [4.69, 9.17) is 0 Å². The number of nitrogens with one attached hydrogen (secondary N) is 2. The molecule has 6 nitrogen and oxygen atoms in total. The third-order valence-corrected chi connectivity index (χ3v) is 6.38. The predicted octanol–water partition coefficient (Wildman–Crippen LogP) is 1.60. The highest BCUT2D eigenvalue weighted by atomic mass is 79.9. The van der Waals surface area contributed by atoms with E-state index in [1.165, 1.54) is 26.2 Å². The summed E-state index contributed by atoms with van der Waals surface area (Å²) >= 11 is 3.25. The van der Waals surface area contributed by atoms with Crippen LogP contribution in [0.2, 0.25) is 0 Å². The van der Waals surface area contributed by atoms with Crippen LogP contribution in [0.3, 0.4) is 0 Å². The van der Waals surface area contributed by atoms with Crippen LogP contribution in [0.5, 0.6) is 0 Å². The molecule has 1 aromatic carbocycles. The molecule has 1 amide bonds. The lowest BCUT2D eigenvalue weighted by atomic mass is 10.1. The molecule has 9 heteroatoms. The minimum atomic E-state index is -3.53. The molecule has 2 N–H and O–H groups in total. The van der Waals surface area contributed by atoms with Gasteiger partial charge in [0.25, 0.3) is 5.91 Å². The number of amides is 1. The molecule has 1 unspecified atom stereocenters. The van der Waals surface area contributed by atoms with E-state index in [2.05, 4.69) is 26.6 Å². The maximum absolute atomic E-state index is 12.2. The van der Waals surface area contributed by atoms with Gasteiger partial charge in [0.15, 0.2) is 0 Å². The Morgan fingerprint density at radius 3 is 2.61 bits per heavy atom. The fourth-order valence-corrected chi connectivity index (χ4v) is 4.22. The Labute approximate surface area is 151 Å². The van der Waals surface area contributed by atoms with E-state index in [9.17, 15) is 13.2 Å². The van der Waals surface area contributed by atoms with Crippen molar-refractivity contribution < 1.29 is 13.2 Å². The van der Waals surface area contributed by atoms with E-state index in [-0.39, 0.29) is 29.3 Å². The molecule has 1 heterocycles. The maximum Gasteiger partial charge on any atom is 0.251 e. The van der Waals surface area contributed by atoms with Crippen molar-refractivity contribution in [3.8, 4) is 0 Å². The van der Waals surface area contributed by atoms with E-state index in [0.29, 0.717) is 10.0 Å². The molecule has 0 saturated carbocycles. The van der Waals surface area contributed by atoms with Gasteiger partial charge in [-0.25, -0.2) is 12.7 Å². The molecule has 1 aliphatic rings. The molecule has 1 fully saturated rings. The van der Waals surface area contributed by atoms with Crippen LogP contribution in [0.1, 0.15) is 23.2 Å². The van der Waals surface area contributed by atoms with Crippen molar-refractivity contribution in [2.24, 2.45) is 0 Å². The van der Waals surface area contributed by atoms with Gasteiger partial charge in [-0.3, -0.25) is 4.79 Å². The zero-order valence-corrected chi connectivity index (χ0v) is 16.2. The Balaban J connectivity index is 0.00000264. The van der Waals surface area contributed by atoms with Gasteiger partial charge in [-0.15, -0.1) is 12.4 Å². The first-order valence-corrected chi connectivity index (χ1v) is 9.29. The number of benzene rings is 1. The minimum absolute atomic E-state index is 0. The van der Waals surface area contributed by atoms with Crippen molar-refractivity contribution in [3.63, 3.8) is 0 Å². The summed E-state index contributed by atoms with van der Waals surface area (Å²) in [5.74, 6) is -0.191. The summed E-state index contributed by atoms with van der Waals surface area (Å²) in [7, 11) is -0.591. The highest BCUT2D eigenvalue weighted by molar-refractivity contribution is 9.10. The van der Waals surface area contributed by atoms with E-state index in [1.807, 2.05) is 0 Å². The average molecular weight is 427 g/mol. The number of sulfonamides is 1. The van der Waals surface area contributed by atoms with Crippen LogP contribution in [0.15, 0.2) is 27.6 Å². The van der Waals surface area contributed by atoms with Crippen molar-refractivity contribution in [2.75, 3.05) is 27.2 Å². The van der Waals surface area contributed by atoms with Crippen LogP contribution >= 0.6 is 28.3 Å². The van der Waals surface area contributed by atoms with Crippen LogP contribution in [-0.2, 0) is 10.0 Å². The Kier molecular flexibility index (Phi) is 7.47. The number of rotatable bonds is 4. The number of hydrogen-bond donors (Lipinski definition) is 2. The average Bonchev–Trinajstić information content (AvgIpc) is 2.47. The summed E-state index contributed by atoms with van der Waals surface area (Å²) in [6.45, 7) is 1.75. The predicted molar refractivity (Wildman–Crippen MR) is 95.6 cm³/mol. The van der Waals surface area contributed by atoms with Gasteiger partial charge in [0.05, 0.1) is 4.90 Å². The number of halogens is 2. The first kappa shape index (κ1) is 20.4. The van der Waals surface area contributed by atoms with E-state index >= 15 is 0 Å². The lowest BCUT2D eigenvalue weighted by molar-refractivity contribution is 0.0930. The molecule has 0 bridgehead atoms. The summed E-state index contributed by atoms with van der Waals surface area (Å²) < 4.78 is 25.8. The Bertz CT molecular complexity index is 661. The molecule has 2 rings (SSSR count). The SMILES string of the molecule is CN(C)S(=O)(=O)c1ccc(C(=O)NC2CCCNC2)cc1Br.Cl. The van der Waals surface area contributed by atoms with Crippen LogP contribution < -0.4 is 10.6 Å². The molecule has 130 valence electrons. The van der Waals surface area contributed by atoms with Gasteiger partial charge in [-0.2, -0.15) is 0 Å². The minimum Gasteiger partial charge on any atom is -0.348 e. The van der Waals surface area contributed by atoms with Crippen LogP contribution in [0.4, 0.5) is 0 Å². The largest absolute Gasteiger partial charge is 0.348 e. The second-order valence-corrected chi connectivity index (χ2v) is 8.42. The normalized spacial score (nSPS) is 18.3. The van der Waals surface area contributed by atoms with Gasteiger partial charge in [0.1, 0.15) is 0 Å². The molecule has 1 saturated heterocycles. The number of piperidine rings is 1.